The normalized spacial score (nSPS) is 16.2. The third-order valence-electron chi connectivity index (χ3n) is 2.32. The number of nitro groups is 1. The second kappa shape index (κ2) is 5.01. The van der Waals surface area contributed by atoms with Crippen LogP contribution in [0.25, 0.3) is 0 Å². The van der Waals surface area contributed by atoms with E-state index in [0.717, 1.165) is 24.6 Å². The Morgan fingerprint density at radius 2 is 2.19 bits per heavy atom. The van der Waals surface area contributed by atoms with Crippen molar-refractivity contribution in [1.29, 1.82) is 0 Å². The highest BCUT2D eigenvalue weighted by atomic mass is 79.9. The lowest BCUT2D eigenvalue weighted by Crippen LogP contribution is -2.33. The largest absolute Gasteiger partial charge is 0.349 e. The van der Waals surface area contributed by atoms with Gasteiger partial charge in [0.25, 0.3) is 0 Å². The fraction of sp³-hybridized carbons (Fsp3) is 0.444. The first-order valence-corrected chi connectivity index (χ1v) is 6.76. The Labute approximate surface area is 106 Å². The van der Waals surface area contributed by atoms with Crippen LogP contribution in [-0.4, -0.2) is 34.5 Å². The van der Waals surface area contributed by atoms with Crippen molar-refractivity contribution in [3.05, 3.63) is 26.9 Å². The monoisotopic (exact) mass is 303 g/mol. The van der Waals surface area contributed by atoms with Gasteiger partial charge in [0.1, 0.15) is 0 Å². The summed E-state index contributed by atoms with van der Waals surface area (Å²) in [5, 5.41) is 10.9. The highest BCUT2D eigenvalue weighted by molar-refractivity contribution is 9.10. The third kappa shape index (κ3) is 2.46. The zero-order valence-electron chi connectivity index (χ0n) is 8.43. The quantitative estimate of drug-likeness (QED) is 0.620. The molecule has 0 unspecified atom stereocenters. The fourth-order valence-electron chi connectivity index (χ4n) is 1.57. The van der Waals surface area contributed by atoms with Crippen LogP contribution in [0.15, 0.2) is 16.7 Å². The molecular weight excluding hydrogens is 294 g/mol. The number of halogens is 1. The van der Waals surface area contributed by atoms with Gasteiger partial charge in [0.15, 0.2) is 0 Å². The van der Waals surface area contributed by atoms with Crippen molar-refractivity contribution in [3.8, 4) is 0 Å². The van der Waals surface area contributed by atoms with Crippen molar-refractivity contribution < 1.29 is 4.92 Å². The van der Waals surface area contributed by atoms with Crippen molar-refractivity contribution in [2.45, 2.75) is 0 Å². The van der Waals surface area contributed by atoms with Crippen molar-refractivity contribution in [2.24, 2.45) is 0 Å². The number of nitrogens with zero attached hydrogens (tertiary/aromatic N) is 3. The maximum Gasteiger partial charge on any atom is 0.312 e. The minimum absolute atomic E-state index is 0.0706. The Hall–Kier alpha value is -0.820. The number of rotatable bonds is 2. The van der Waals surface area contributed by atoms with Crippen molar-refractivity contribution in [2.75, 3.05) is 29.5 Å². The van der Waals surface area contributed by atoms with Gasteiger partial charge in [-0.2, -0.15) is 11.8 Å². The zero-order chi connectivity index (χ0) is 11.5. The fourth-order valence-corrected chi connectivity index (χ4v) is 2.80. The summed E-state index contributed by atoms with van der Waals surface area (Å²) in [6, 6.07) is 1.50. The molecule has 1 aliphatic heterocycles. The van der Waals surface area contributed by atoms with Gasteiger partial charge in [-0.1, -0.05) is 0 Å². The first-order valence-electron chi connectivity index (χ1n) is 4.81. The number of hydrogen-bond donors (Lipinski definition) is 0. The first-order chi connectivity index (χ1) is 7.68. The number of thioether (sulfide) groups is 1. The van der Waals surface area contributed by atoms with Crippen LogP contribution in [0.3, 0.4) is 0 Å². The minimum Gasteiger partial charge on any atom is -0.349 e. The molecule has 2 heterocycles. The molecule has 2 rings (SSSR count). The van der Waals surface area contributed by atoms with E-state index in [9.17, 15) is 10.1 Å². The standard InChI is InChI=1S/C9H10BrN3O2S/c10-7-5-8(13(14)15)9(11-6-7)12-1-3-16-4-2-12/h5-6H,1-4H2. The summed E-state index contributed by atoms with van der Waals surface area (Å²) in [7, 11) is 0. The lowest BCUT2D eigenvalue weighted by atomic mass is 10.3. The van der Waals surface area contributed by atoms with E-state index in [0.29, 0.717) is 10.3 Å². The third-order valence-corrected chi connectivity index (χ3v) is 3.70. The Bertz CT molecular complexity index is 410. The van der Waals surface area contributed by atoms with E-state index in [1.54, 1.807) is 6.20 Å². The second-order valence-electron chi connectivity index (χ2n) is 3.35. The number of pyridine rings is 1. The topological polar surface area (TPSA) is 59.3 Å². The molecule has 0 atom stereocenters. The molecule has 0 bridgehead atoms. The molecule has 1 aromatic rings. The molecule has 0 aliphatic carbocycles. The first kappa shape index (κ1) is 11.7. The molecule has 0 amide bonds. The lowest BCUT2D eigenvalue weighted by molar-refractivity contribution is -0.384. The molecule has 0 aromatic carbocycles. The van der Waals surface area contributed by atoms with Crippen molar-refractivity contribution >= 4 is 39.2 Å². The Kier molecular flexibility index (Phi) is 3.65. The summed E-state index contributed by atoms with van der Waals surface area (Å²) >= 11 is 5.06. The van der Waals surface area contributed by atoms with Crippen LogP contribution < -0.4 is 4.90 Å². The zero-order valence-corrected chi connectivity index (χ0v) is 10.8. The molecule has 86 valence electrons. The molecular formula is C9H10BrN3O2S. The molecule has 5 nitrogen and oxygen atoms in total. The predicted octanol–water partition coefficient (Wildman–Crippen LogP) is 2.31. The van der Waals surface area contributed by atoms with Crippen LogP contribution in [0.4, 0.5) is 11.5 Å². The summed E-state index contributed by atoms with van der Waals surface area (Å²) in [4.78, 5) is 16.7. The van der Waals surface area contributed by atoms with E-state index in [-0.39, 0.29) is 10.6 Å². The summed E-state index contributed by atoms with van der Waals surface area (Å²) in [6.45, 7) is 1.64. The van der Waals surface area contributed by atoms with Crippen LogP contribution in [-0.2, 0) is 0 Å². The molecule has 1 fully saturated rings. The Morgan fingerprint density at radius 3 is 2.81 bits per heavy atom. The van der Waals surface area contributed by atoms with Crippen LogP contribution >= 0.6 is 27.7 Å². The molecule has 0 N–H and O–H groups in total. The Balaban J connectivity index is 2.34. The van der Waals surface area contributed by atoms with Gasteiger partial charge >= 0.3 is 5.69 Å². The van der Waals surface area contributed by atoms with Gasteiger partial charge in [-0.25, -0.2) is 4.98 Å². The van der Waals surface area contributed by atoms with E-state index >= 15 is 0 Å². The molecule has 1 aliphatic rings. The van der Waals surface area contributed by atoms with E-state index < -0.39 is 0 Å². The van der Waals surface area contributed by atoms with Gasteiger partial charge in [-0.05, 0) is 15.9 Å². The number of anilines is 1. The van der Waals surface area contributed by atoms with Gasteiger partial charge in [0.05, 0.1) is 4.92 Å². The lowest BCUT2D eigenvalue weighted by Gasteiger charge is -2.26. The van der Waals surface area contributed by atoms with Crippen molar-refractivity contribution in [3.63, 3.8) is 0 Å². The molecule has 0 spiro atoms. The molecule has 1 aromatic heterocycles. The number of hydrogen-bond acceptors (Lipinski definition) is 5. The van der Waals surface area contributed by atoms with Crippen molar-refractivity contribution in [1.82, 2.24) is 4.98 Å². The van der Waals surface area contributed by atoms with Gasteiger partial charge in [-0.3, -0.25) is 10.1 Å². The highest BCUT2D eigenvalue weighted by Gasteiger charge is 2.22. The van der Waals surface area contributed by atoms with Crippen LogP contribution in [0.5, 0.6) is 0 Å². The minimum atomic E-state index is -0.380. The van der Waals surface area contributed by atoms with Crippen LogP contribution in [0.2, 0.25) is 0 Å². The van der Waals surface area contributed by atoms with E-state index in [4.69, 9.17) is 0 Å². The molecule has 7 heteroatoms. The number of aromatic nitrogens is 1. The molecule has 0 radical (unpaired) electrons. The summed E-state index contributed by atoms with van der Waals surface area (Å²) in [5.74, 6) is 2.47. The van der Waals surface area contributed by atoms with Crippen LogP contribution in [0.1, 0.15) is 0 Å². The van der Waals surface area contributed by atoms with E-state index in [1.165, 1.54) is 6.07 Å². The second-order valence-corrected chi connectivity index (χ2v) is 5.49. The maximum absolute atomic E-state index is 10.9. The smallest absolute Gasteiger partial charge is 0.312 e. The predicted molar refractivity (Wildman–Crippen MR) is 68.1 cm³/mol. The average molecular weight is 304 g/mol. The molecule has 0 saturated carbocycles. The van der Waals surface area contributed by atoms with Gasteiger partial charge < -0.3 is 4.90 Å². The van der Waals surface area contributed by atoms with E-state index in [2.05, 4.69) is 20.9 Å². The van der Waals surface area contributed by atoms with E-state index in [1.807, 2.05) is 16.7 Å². The summed E-state index contributed by atoms with van der Waals surface area (Å²) < 4.78 is 0.634. The molecule has 16 heavy (non-hydrogen) atoms. The summed E-state index contributed by atoms with van der Waals surface area (Å²) in [5.41, 5.74) is 0.0706. The maximum atomic E-state index is 10.9. The average Bonchev–Trinajstić information content (AvgIpc) is 2.30. The van der Waals surface area contributed by atoms with Gasteiger partial charge in [0.2, 0.25) is 5.82 Å². The van der Waals surface area contributed by atoms with Gasteiger partial charge in [-0.15, -0.1) is 0 Å². The van der Waals surface area contributed by atoms with Crippen LogP contribution in [0, 0.1) is 10.1 Å². The Morgan fingerprint density at radius 1 is 1.50 bits per heavy atom. The SMILES string of the molecule is O=[N+]([O-])c1cc(Br)cnc1N1CCSCC1. The van der Waals surface area contributed by atoms with Gasteiger partial charge in [0, 0.05) is 41.3 Å². The highest BCUT2D eigenvalue weighted by Crippen LogP contribution is 2.29. The summed E-state index contributed by atoms with van der Waals surface area (Å²) in [6.07, 6.45) is 1.60. The molecule has 1 saturated heterocycles.